The summed E-state index contributed by atoms with van der Waals surface area (Å²) in [7, 11) is 1.96. The van der Waals surface area contributed by atoms with Crippen LogP contribution in [-0.4, -0.2) is 34.3 Å². The molecule has 4 nitrogen and oxygen atoms in total. The first kappa shape index (κ1) is 17.5. The molecule has 1 unspecified atom stereocenters. The molecule has 122 valence electrons. The Morgan fingerprint density at radius 1 is 1.41 bits per heavy atom. The number of piperidine rings is 1. The van der Waals surface area contributed by atoms with Crippen LogP contribution in [0.5, 0.6) is 0 Å². The summed E-state index contributed by atoms with van der Waals surface area (Å²) >= 11 is 1.89. The van der Waals surface area contributed by atoms with Gasteiger partial charge in [-0.25, -0.2) is 0 Å². The third kappa shape index (κ3) is 4.32. The first-order valence-corrected chi connectivity index (χ1v) is 8.56. The molecule has 0 saturated carbocycles. The molecule has 1 atom stereocenters. The van der Waals surface area contributed by atoms with Crippen LogP contribution in [0.25, 0.3) is 10.4 Å². The highest BCUT2D eigenvalue weighted by Crippen LogP contribution is 2.29. The number of hydrogen-bond acceptors (Lipinski definition) is 4. The standard InChI is InChI=1S/C16H24N4S.ClH/c1-19-11-14(9-18-19)16-5-4-15(21-16)12-20-8-2-3-13(10-20)6-7-17;/h4-5,9,11,13H,2-3,6-8,10,12,17H2,1H3;1H. The second-order valence-electron chi connectivity index (χ2n) is 5.99. The average Bonchev–Trinajstić information content (AvgIpc) is 3.09. The molecule has 0 radical (unpaired) electrons. The van der Waals surface area contributed by atoms with Crippen molar-refractivity contribution in [3.63, 3.8) is 0 Å². The maximum absolute atomic E-state index is 5.70. The Kier molecular flexibility index (Phi) is 6.44. The molecule has 6 heteroatoms. The van der Waals surface area contributed by atoms with Crippen molar-refractivity contribution in [1.29, 1.82) is 0 Å². The molecule has 0 aliphatic carbocycles. The van der Waals surface area contributed by atoms with E-state index in [2.05, 4.69) is 28.3 Å². The number of aryl methyl sites for hydroxylation is 1. The molecule has 3 heterocycles. The van der Waals surface area contributed by atoms with Crippen LogP contribution in [0.15, 0.2) is 24.5 Å². The van der Waals surface area contributed by atoms with Crippen molar-refractivity contribution in [1.82, 2.24) is 14.7 Å². The summed E-state index contributed by atoms with van der Waals surface area (Å²) < 4.78 is 1.86. The van der Waals surface area contributed by atoms with Crippen LogP contribution in [0.3, 0.4) is 0 Å². The van der Waals surface area contributed by atoms with Crippen LogP contribution < -0.4 is 5.73 Å². The van der Waals surface area contributed by atoms with Crippen LogP contribution in [0.1, 0.15) is 24.1 Å². The Morgan fingerprint density at radius 3 is 3.00 bits per heavy atom. The number of nitrogens with two attached hydrogens (primary N) is 1. The second-order valence-corrected chi connectivity index (χ2v) is 7.16. The van der Waals surface area contributed by atoms with E-state index in [0.29, 0.717) is 0 Å². The van der Waals surface area contributed by atoms with E-state index in [-0.39, 0.29) is 12.4 Å². The number of thiophene rings is 1. The van der Waals surface area contributed by atoms with Gasteiger partial charge in [0.25, 0.3) is 0 Å². The van der Waals surface area contributed by atoms with E-state index in [4.69, 9.17) is 5.73 Å². The fraction of sp³-hybridized carbons (Fsp3) is 0.562. The van der Waals surface area contributed by atoms with Crippen molar-refractivity contribution in [3.8, 4) is 10.4 Å². The summed E-state index contributed by atoms with van der Waals surface area (Å²) in [5.41, 5.74) is 6.92. The van der Waals surface area contributed by atoms with Crippen LogP contribution in [0.4, 0.5) is 0 Å². The second kappa shape index (κ2) is 8.11. The van der Waals surface area contributed by atoms with E-state index in [9.17, 15) is 0 Å². The van der Waals surface area contributed by atoms with E-state index in [1.54, 1.807) is 0 Å². The van der Waals surface area contributed by atoms with Gasteiger partial charge in [-0.2, -0.15) is 5.10 Å². The molecule has 1 aliphatic heterocycles. The van der Waals surface area contributed by atoms with E-state index in [0.717, 1.165) is 19.0 Å². The van der Waals surface area contributed by atoms with E-state index in [1.807, 2.05) is 29.3 Å². The van der Waals surface area contributed by atoms with Crippen LogP contribution in [-0.2, 0) is 13.6 Å². The molecular weight excluding hydrogens is 316 g/mol. The highest BCUT2D eigenvalue weighted by atomic mass is 35.5. The molecule has 0 aromatic carbocycles. The molecule has 0 spiro atoms. The van der Waals surface area contributed by atoms with Gasteiger partial charge in [-0.1, -0.05) is 0 Å². The number of halogens is 1. The van der Waals surface area contributed by atoms with Crippen LogP contribution in [0, 0.1) is 5.92 Å². The van der Waals surface area contributed by atoms with Crippen molar-refractivity contribution in [2.45, 2.75) is 25.8 Å². The van der Waals surface area contributed by atoms with Gasteiger partial charge in [0.2, 0.25) is 0 Å². The Bertz CT molecular complexity index is 578. The minimum absolute atomic E-state index is 0. The molecule has 0 bridgehead atoms. The lowest BCUT2D eigenvalue weighted by Crippen LogP contribution is -2.35. The molecule has 1 saturated heterocycles. The molecule has 1 aliphatic rings. The van der Waals surface area contributed by atoms with Gasteiger partial charge >= 0.3 is 0 Å². The van der Waals surface area contributed by atoms with Crippen molar-refractivity contribution in [2.24, 2.45) is 18.7 Å². The molecular formula is C16H25ClN4S. The fourth-order valence-corrected chi connectivity index (χ4v) is 4.18. The van der Waals surface area contributed by atoms with Gasteiger partial charge in [-0.05, 0) is 50.4 Å². The van der Waals surface area contributed by atoms with Gasteiger partial charge in [0.05, 0.1) is 6.20 Å². The minimum Gasteiger partial charge on any atom is -0.330 e. The van der Waals surface area contributed by atoms with Crippen LogP contribution in [0.2, 0.25) is 0 Å². The van der Waals surface area contributed by atoms with E-state index >= 15 is 0 Å². The molecule has 0 amide bonds. The first-order chi connectivity index (χ1) is 10.2. The van der Waals surface area contributed by atoms with Gasteiger partial charge in [0.15, 0.2) is 0 Å². The zero-order chi connectivity index (χ0) is 14.7. The molecule has 2 aromatic heterocycles. The van der Waals surface area contributed by atoms with Gasteiger partial charge in [0.1, 0.15) is 0 Å². The topological polar surface area (TPSA) is 47.1 Å². The number of hydrogen-bond donors (Lipinski definition) is 1. The summed E-state index contributed by atoms with van der Waals surface area (Å²) in [6.07, 6.45) is 7.84. The summed E-state index contributed by atoms with van der Waals surface area (Å²) in [4.78, 5) is 5.35. The monoisotopic (exact) mass is 340 g/mol. The van der Waals surface area contributed by atoms with Gasteiger partial charge in [-0.3, -0.25) is 9.58 Å². The number of likely N-dealkylation sites (tertiary alicyclic amines) is 1. The Morgan fingerprint density at radius 2 is 2.27 bits per heavy atom. The fourth-order valence-electron chi connectivity index (χ4n) is 3.15. The van der Waals surface area contributed by atoms with Gasteiger partial charge in [0, 0.05) is 41.7 Å². The SMILES string of the molecule is Cl.Cn1cc(-c2ccc(CN3CCCC(CCN)C3)s2)cn1. The van der Waals surface area contributed by atoms with Gasteiger partial charge in [-0.15, -0.1) is 23.7 Å². The number of aromatic nitrogens is 2. The summed E-state index contributed by atoms with van der Waals surface area (Å²) in [5, 5.41) is 4.25. The lowest BCUT2D eigenvalue weighted by molar-refractivity contribution is 0.164. The molecule has 2 aromatic rings. The van der Waals surface area contributed by atoms with Gasteiger partial charge < -0.3 is 5.73 Å². The van der Waals surface area contributed by atoms with Crippen molar-refractivity contribution >= 4 is 23.7 Å². The zero-order valence-electron chi connectivity index (χ0n) is 13.1. The minimum atomic E-state index is 0. The summed E-state index contributed by atoms with van der Waals surface area (Å²) in [6, 6.07) is 4.48. The Labute approximate surface area is 142 Å². The quantitative estimate of drug-likeness (QED) is 0.909. The van der Waals surface area contributed by atoms with Crippen molar-refractivity contribution in [2.75, 3.05) is 19.6 Å². The Balaban J connectivity index is 0.00000176. The first-order valence-electron chi connectivity index (χ1n) is 7.75. The predicted molar refractivity (Wildman–Crippen MR) is 95.4 cm³/mol. The highest BCUT2D eigenvalue weighted by molar-refractivity contribution is 7.15. The summed E-state index contributed by atoms with van der Waals surface area (Å²) in [6.45, 7) is 4.33. The number of nitrogens with zero attached hydrogens (tertiary/aromatic N) is 3. The summed E-state index contributed by atoms with van der Waals surface area (Å²) in [5.74, 6) is 0.793. The van der Waals surface area contributed by atoms with E-state index < -0.39 is 0 Å². The number of rotatable bonds is 5. The molecule has 22 heavy (non-hydrogen) atoms. The average molecular weight is 341 g/mol. The smallest absolute Gasteiger partial charge is 0.0576 e. The lowest BCUT2D eigenvalue weighted by Gasteiger charge is -2.32. The van der Waals surface area contributed by atoms with E-state index in [1.165, 1.54) is 47.7 Å². The maximum atomic E-state index is 5.70. The van der Waals surface area contributed by atoms with Crippen LogP contribution >= 0.6 is 23.7 Å². The highest BCUT2D eigenvalue weighted by Gasteiger charge is 2.19. The third-order valence-corrected chi connectivity index (χ3v) is 5.33. The normalized spacial score (nSPS) is 19.1. The largest absolute Gasteiger partial charge is 0.330 e. The zero-order valence-corrected chi connectivity index (χ0v) is 14.7. The molecule has 3 rings (SSSR count). The molecule has 2 N–H and O–H groups in total. The Hall–Kier alpha value is -0.880. The predicted octanol–water partition coefficient (Wildman–Crippen LogP) is 3.13. The van der Waals surface area contributed by atoms with Crippen molar-refractivity contribution < 1.29 is 0 Å². The van der Waals surface area contributed by atoms with Crippen molar-refractivity contribution in [3.05, 3.63) is 29.4 Å². The molecule has 1 fully saturated rings. The maximum Gasteiger partial charge on any atom is 0.0576 e. The third-order valence-electron chi connectivity index (χ3n) is 4.21. The lowest BCUT2D eigenvalue weighted by atomic mass is 9.95.